The van der Waals surface area contributed by atoms with Crippen molar-refractivity contribution in [2.45, 2.75) is 27.0 Å². The van der Waals surface area contributed by atoms with Crippen LogP contribution in [-0.4, -0.2) is 6.61 Å². The summed E-state index contributed by atoms with van der Waals surface area (Å²) < 4.78 is 11.4. The van der Waals surface area contributed by atoms with Crippen LogP contribution in [0.2, 0.25) is 0 Å². The average Bonchev–Trinajstić information content (AvgIpc) is 2.68. The Morgan fingerprint density at radius 2 is 1.54 bits per heavy atom. The fourth-order valence-electron chi connectivity index (χ4n) is 2.64. The third kappa shape index (κ3) is 5.28. The minimum Gasteiger partial charge on any atom is -0.494 e. The fourth-order valence-corrected chi connectivity index (χ4v) is 2.64. The summed E-state index contributed by atoms with van der Waals surface area (Å²) in [6.45, 7) is 6.08. The number of nitrogens with one attached hydrogen (secondary N) is 1. The molecule has 3 aromatic rings. The third-order valence-corrected chi connectivity index (χ3v) is 4.09. The van der Waals surface area contributed by atoms with Crippen LogP contribution in [-0.2, 0) is 13.2 Å². The van der Waals surface area contributed by atoms with E-state index in [0.717, 1.165) is 23.7 Å². The molecule has 3 nitrogen and oxygen atoms in total. The van der Waals surface area contributed by atoms with Crippen LogP contribution in [0.25, 0.3) is 0 Å². The lowest BCUT2D eigenvalue weighted by atomic mass is 10.1. The SMILES string of the molecule is CCOc1ccc(NCc2cccc(OCc3ccc(C)cc3)c2)cc1. The van der Waals surface area contributed by atoms with Gasteiger partial charge in [0.1, 0.15) is 18.1 Å². The molecular formula is C23H25NO2. The molecule has 0 aliphatic carbocycles. The Morgan fingerprint density at radius 1 is 0.769 bits per heavy atom. The van der Waals surface area contributed by atoms with Gasteiger partial charge in [0.2, 0.25) is 0 Å². The zero-order valence-electron chi connectivity index (χ0n) is 15.4. The van der Waals surface area contributed by atoms with E-state index in [9.17, 15) is 0 Å². The van der Waals surface area contributed by atoms with Gasteiger partial charge in [-0.1, -0.05) is 42.0 Å². The summed E-state index contributed by atoms with van der Waals surface area (Å²) in [6, 6.07) is 24.6. The third-order valence-electron chi connectivity index (χ3n) is 4.09. The van der Waals surface area contributed by atoms with Crippen molar-refractivity contribution in [2.75, 3.05) is 11.9 Å². The van der Waals surface area contributed by atoms with E-state index in [2.05, 4.69) is 48.6 Å². The molecule has 26 heavy (non-hydrogen) atoms. The first kappa shape index (κ1) is 17.9. The van der Waals surface area contributed by atoms with Gasteiger partial charge in [-0.3, -0.25) is 0 Å². The van der Waals surface area contributed by atoms with Gasteiger partial charge < -0.3 is 14.8 Å². The molecule has 0 amide bonds. The maximum absolute atomic E-state index is 5.92. The minimum absolute atomic E-state index is 0.579. The van der Waals surface area contributed by atoms with Crippen LogP contribution in [0.5, 0.6) is 11.5 Å². The van der Waals surface area contributed by atoms with Crippen molar-refractivity contribution in [3.63, 3.8) is 0 Å². The predicted molar refractivity (Wildman–Crippen MR) is 107 cm³/mol. The minimum atomic E-state index is 0.579. The van der Waals surface area contributed by atoms with Gasteiger partial charge in [-0.15, -0.1) is 0 Å². The molecule has 3 heteroatoms. The summed E-state index contributed by atoms with van der Waals surface area (Å²) >= 11 is 0. The van der Waals surface area contributed by atoms with E-state index < -0.39 is 0 Å². The number of rotatable bonds is 8. The van der Waals surface area contributed by atoms with E-state index in [1.165, 1.54) is 16.7 Å². The second-order valence-electron chi connectivity index (χ2n) is 6.23. The predicted octanol–water partition coefficient (Wildman–Crippen LogP) is 5.58. The summed E-state index contributed by atoms with van der Waals surface area (Å²) in [5, 5.41) is 3.43. The standard InChI is InChI=1S/C23H25NO2/c1-3-25-22-13-11-21(12-14-22)24-16-20-5-4-6-23(15-20)26-17-19-9-7-18(2)8-10-19/h4-15,24H,3,16-17H2,1-2H3. The zero-order chi connectivity index (χ0) is 18.2. The molecule has 3 aromatic carbocycles. The van der Waals surface area contributed by atoms with Crippen molar-refractivity contribution >= 4 is 5.69 Å². The molecule has 3 rings (SSSR count). The van der Waals surface area contributed by atoms with E-state index in [0.29, 0.717) is 13.2 Å². The quantitative estimate of drug-likeness (QED) is 0.576. The second kappa shape index (κ2) is 8.95. The topological polar surface area (TPSA) is 30.5 Å². The zero-order valence-corrected chi connectivity index (χ0v) is 15.4. The normalized spacial score (nSPS) is 10.4. The molecule has 0 saturated carbocycles. The number of benzene rings is 3. The van der Waals surface area contributed by atoms with Crippen LogP contribution in [0.1, 0.15) is 23.6 Å². The van der Waals surface area contributed by atoms with Crippen LogP contribution in [0.15, 0.2) is 72.8 Å². The summed E-state index contributed by atoms with van der Waals surface area (Å²) in [4.78, 5) is 0. The Labute approximate surface area is 155 Å². The Morgan fingerprint density at radius 3 is 2.27 bits per heavy atom. The monoisotopic (exact) mass is 347 g/mol. The van der Waals surface area contributed by atoms with Crippen LogP contribution >= 0.6 is 0 Å². The van der Waals surface area contributed by atoms with E-state index in [1.807, 2.05) is 43.3 Å². The highest BCUT2D eigenvalue weighted by Crippen LogP contribution is 2.19. The molecule has 0 bridgehead atoms. The van der Waals surface area contributed by atoms with Crippen LogP contribution < -0.4 is 14.8 Å². The van der Waals surface area contributed by atoms with Crippen molar-refractivity contribution in [3.8, 4) is 11.5 Å². The van der Waals surface area contributed by atoms with Crippen LogP contribution in [0.3, 0.4) is 0 Å². The maximum atomic E-state index is 5.92. The van der Waals surface area contributed by atoms with E-state index >= 15 is 0 Å². The van der Waals surface area contributed by atoms with Gasteiger partial charge in [-0.25, -0.2) is 0 Å². The molecule has 0 atom stereocenters. The van der Waals surface area contributed by atoms with Crippen molar-refractivity contribution in [2.24, 2.45) is 0 Å². The molecule has 0 aromatic heterocycles. The lowest BCUT2D eigenvalue weighted by molar-refractivity contribution is 0.306. The average molecular weight is 347 g/mol. The van der Waals surface area contributed by atoms with Crippen molar-refractivity contribution < 1.29 is 9.47 Å². The molecule has 0 aliphatic rings. The Kier molecular flexibility index (Phi) is 6.15. The number of ether oxygens (including phenoxy) is 2. The number of hydrogen-bond acceptors (Lipinski definition) is 3. The highest BCUT2D eigenvalue weighted by molar-refractivity contribution is 5.47. The Balaban J connectivity index is 1.54. The van der Waals surface area contributed by atoms with Crippen molar-refractivity contribution in [3.05, 3.63) is 89.5 Å². The second-order valence-corrected chi connectivity index (χ2v) is 6.23. The molecule has 0 fully saturated rings. The highest BCUT2D eigenvalue weighted by Gasteiger charge is 2.00. The van der Waals surface area contributed by atoms with Crippen molar-refractivity contribution in [1.29, 1.82) is 0 Å². The maximum Gasteiger partial charge on any atom is 0.120 e. The van der Waals surface area contributed by atoms with Crippen molar-refractivity contribution in [1.82, 2.24) is 0 Å². The largest absolute Gasteiger partial charge is 0.494 e. The fraction of sp³-hybridized carbons (Fsp3) is 0.217. The van der Waals surface area contributed by atoms with Gasteiger partial charge in [0.15, 0.2) is 0 Å². The molecule has 134 valence electrons. The number of hydrogen-bond donors (Lipinski definition) is 1. The molecular weight excluding hydrogens is 322 g/mol. The van der Waals surface area contributed by atoms with E-state index in [4.69, 9.17) is 9.47 Å². The molecule has 0 radical (unpaired) electrons. The molecule has 0 unspecified atom stereocenters. The summed E-state index contributed by atoms with van der Waals surface area (Å²) in [5.74, 6) is 1.78. The first-order valence-electron chi connectivity index (χ1n) is 8.97. The smallest absolute Gasteiger partial charge is 0.120 e. The first-order valence-corrected chi connectivity index (χ1v) is 8.97. The summed E-state index contributed by atoms with van der Waals surface area (Å²) in [6.07, 6.45) is 0. The summed E-state index contributed by atoms with van der Waals surface area (Å²) in [7, 11) is 0. The molecule has 1 N–H and O–H groups in total. The first-order chi connectivity index (χ1) is 12.7. The van der Waals surface area contributed by atoms with E-state index in [1.54, 1.807) is 0 Å². The highest BCUT2D eigenvalue weighted by atomic mass is 16.5. The van der Waals surface area contributed by atoms with Crippen LogP contribution in [0, 0.1) is 6.92 Å². The van der Waals surface area contributed by atoms with E-state index in [-0.39, 0.29) is 0 Å². The van der Waals surface area contributed by atoms with Gasteiger partial charge in [0.25, 0.3) is 0 Å². The van der Waals surface area contributed by atoms with Gasteiger partial charge >= 0.3 is 0 Å². The number of aryl methyl sites for hydroxylation is 1. The Bertz CT molecular complexity index is 810. The van der Waals surface area contributed by atoms with Crippen LogP contribution in [0.4, 0.5) is 5.69 Å². The summed E-state index contributed by atoms with van der Waals surface area (Å²) in [5.41, 5.74) is 4.68. The van der Waals surface area contributed by atoms with Gasteiger partial charge in [0, 0.05) is 12.2 Å². The van der Waals surface area contributed by atoms with Gasteiger partial charge in [-0.2, -0.15) is 0 Å². The van der Waals surface area contributed by atoms with Gasteiger partial charge in [0.05, 0.1) is 6.61 Å². The molecule has 0 saturated heterocycles. The molecule has 0 heterocycles. The number of anilines is 1. The Hall–Kier alpha value is -2.94. The lowest BCUT2D eigenvalue weighted by Gasteiger charge is -2.10. The molecule has 0 aliphatic heterocycles. The molecule has 0 spiro atoms. The van der Waals surface area contributed by atoms with Gasteiger partial charge in [-0.05, 0) is 61.4 Å². The lowest BCUT2D eigenvalue weighted by Crippen LogP contribution is -2.01.